The third-order valence-corrected chi connectivity index (χ3v) is 3.86. The Labute approximate surface area is 123 Å². The molecule has 0 heterocycles. The van der Waals surface area contributed by atoms with Crippen LogP contribution < -0.4 is 10.2 Å². The number of rotatable bonds is 4. The van der Waals surface area contributed by atoms with Crippen molar-refractivity contribution in [1.29, 1.82) is 0 Å². The average molecular weight is 319 g/mol. The molecule has 100 valence electrons. The summed E-state index contributed by atoms with van der Waals surface area (Å²) in [6.45, 7) is 2.17. The second-order valence-electron chi connectivity index (χ2n) is 4.83. The Morgan fingerprint density at radius 2 is 1.63 bits per heavy atom. The van der Waals surface area contributed by atoms with Gasteiger partial charge in [0, 0.05) is 36.0 Å². The lowest BCUT2D eigenvalue weighted by Gasteiger charge is -2.18. The molecule has 0 aromatic heterocycles. The molecule has 0 saturated heterocycles. The highest BCUT2D eigenvalue weighted by molar-refractivity contribution is 9.10. The summed E-state index contributed by atoms with van der Waals surface area (Å²) in [5, 5.41) is 3.52. The number of anilines is 2. The molecule has 0 radical (unpaired) electrons. The summed E-state index contributed by atoms with van der Waals surface area (Å²) in [5.74, 6) is 0. The van der Waals surface area contributed by atoms with Crippen LogP contribution in [0.15, 0.2) is 53.0 Å². The van der Waals surface area contributed by atoms with Gasteiger partial charge in [-0.3, -0.25) is 0 Å². The van der Waals surface area contributed by atoms with E-state index in [0.717, 1.165) is 10.2 Å². The minimum Gasteiger partial charge on any atom is -0.378 e. The van der Waals surface area contributed by atoms with E-state index in [1.807, 2.05) is 20.2 Å². The highest BCUT2D eigenvalue weighted by Gasteiger charge is 2.08. The van der Waals surface area contributed by atoms with Gasteiger partial charge in [-0.25, -0.2) is 0 Å². The first-order valence-corrected chi connectivity index (χ1v) is 7.15. The van der Waals surface area contributed by atoms with Crippen LogP contribution >= 0.6 is 15.9 Å². The van der Waals surface area contributed by atoms with Gasteiger partial charge in [-0.1, -0.05) is 34.1 Å². The predicted octanol–water partition coefficient (Wildman–Crippen LogP) is 4.69. The highest BCUT2D eigenvalue weighted by Crippen LogP contribution is 2.26. The molecule has 0 aliphatic carbocycles. The number of nitrogens with zero attached hydrogens (tertiary/aromatic N) is 1. The van der Waals surface area contributed by atoms with E-state index in [1.165, 1.54) is 11.3 Å². The van der Waals surface area contributed by atoms with Crippen LogP contribution in [0.4, 0.5) is 11.4 Å². The van der Waals surface area contributed by atoms with Crippen molar-refractivity contribution in [2.45, 2.75) is 13.0 Å². The molecule has 2 nitrogen and oxygen atoms in total. The second kappa shape index (κ2) is 6.11. The molecule has 1 unspecified atom stereocenters. The van der Waals surface area contributed by atoms with Crippen LogP contribution in [-0.4, -0.2) is 14.1 Å². The molecular weight excluding hydrogens is 300 g/mol. The first kappa shape index (κ1) is 13.9. The Kier molecular flexibility index (Phi) is 4.48. The maximum atomic E-state index is 3.59. The Bertz CT molecular complexity index is 535. The van der Waals surface area contributed by atoms with Crippen molar-refractivity contribution in [3.05, 3.63) is 58.6 Å². The summed E-state index contributed by atoms with van der Waals surface area (Å²) >= 11 is 3.59. The van der Waals surface area contributed by atoms with E-state index in [0.29, 0.717) is 0 Å². The lowest BCUT2D eigenvalue weighted by atomic mass is 10.1. The van der Waals surface area contributed by atoms with Crippen molar-refractivity contribution in [3.63, 3.8) is 0 Å². The number of nitrogens with one attached hydrogen (secondary N) is 1. The summed E-state index contributed by atoms with van der Waals surface area (Å²) in [4.78, 5) is 2.10. The minimum atomic E-state index is 0.265. The Morgan fingerprint density at radius 1 is 1.00 bits per heavy atom. The van der Waals surface area contributed by atoms with E-state index in [-0.39, 0.29) is 6.04 Å². The molecule has 19 heavy (non-hydrogen) atoms. The lowest BCUT2D eigenvalue weighted by Crippen LogP contribution is -2.09. The van der Waals surface area contributed by atoms with Gasteiger partial charge in [0.1, 0.15) is 0 Å². The fraction of sp³-hybridized carbons (Fsp3) is 0.250. The Morgan fingerprint density at radius 3 is 2.21 bits per heavy atom. The lowest BCUT2D eigenvalue weighted by molar-refractivity contribution is 0.879. The van der Waals surface area contributed by atoms with Crippen LogP contribution in [0.1, 0.15) is 18.5 Å². The summed E-state index contributed by atoms with van der Waals surface area (Å²) in [6.07, 6.45) is 0. The van der Waals surface area contributed by atoms with Gasteiger partial charge in [-0.15, -0.1) is 0 Å². The SMILES string of the molecule is CC(Nc1ccc(N(C)C)cc1)c1ccccc1Br. The molecule has 2 aromatic rings. The van der Waals surface area contributed by atoms with E-state index in [9.17, 15) is 0 Å². The van der Waals surface area contributed by atoms with E-state index in [4.69, 9.17) is 0 Å². The monoisotopic (exact) mass is 318 g/mol. The molecule has 3 heteroatoms. The van der Waals surface area contributed by atoms with Crippen molar-refractivity contribution >= 4 is 27.3 Å². The summed E-state index contributed by atoms with van der Waals surface area (Å²) in [7, 11) is 4.10. The zero-order chi connectivity index (χ0) is 13.8. The fourth-order valence-electron chi connectivity index (χ4n) is 2.01. The molecule has 0 aliphatic rings. The van der Waals surface area contributed by atoms with Crippen molar-refractivity contribution < 1.29 is 0 Å². The van der Waals surface area contributed by atoms with E-state index in [2.05, 4.69) is 75.5 Å². The van der Waals surface area contributed by atoms with Gasteiger partial charge in [0.2, 0.25) is 0 Å². The van der Waals surface area contributed by atoms with Gasteiger partial charge < -0.3 is 10.2 Å². The third-order valence-electron chi connectivity index (χ3n) is 3.14. The minimum absolute atomic E-state index is 0.265. The zero-order valence-corrected chi connectivity index (χ0v) is 13.1. The first-order chi connectivity index (χ1) is 9.08. The Balaban J connectivity index is 2.11. The smallest absolute Gasteiger partial charge is 0.0496 e. The summed E-state index contributed by atoms with van der Waals surface area (Å²) in [6, 6.07) is 17.0. The van der Waals surface area contributed by atoms with Gasteiger partial charge >= 0.3 is 0 Å². The standard InChI is InChI=1S/C16H19BrN2/c1-12(15-6-4-5-7-16(15)17)18-13-8-10-14(11-9-13)19(2)3/h4-12,18H,1-3H3. The van der Waals surface area contributed by atoms with Crippen LogP contribution in [0.25, 0.3) is 0 Å². The maximum Gasteiger partial charge on any atom is 0.0496 e. The topological polar surface area (TPSA) is 15.3 Å². The molecule has 2 aromatic carbocycles. The molecule has 0 fully saturated rings. The number of halogens is 1. The third kappa shape index (κ3) is 3.51. The van der Waals surface area contributed by atoms with E-state index < -0.39 is 0 Å². The van der Waals surface area contributed by atoms with Crippen molar-refractivity contribution in [3.8, 4) is 0 Å². The fourth-order valence-corrected chi connectivity index (χ4v) is 2.64. The largest absolute Gasteiger partial charge is 0.378 e. The average Bonchev–Trinajstić information content (AvgIpc) is 2.39. The number of benzene rings is 2. The first-order valence-electron chi connectivity index (χ1n) is 6.36. The highest BCUT2D eigenvalue weighted by atomic mass is 79.9. The predicted molar refractivity (Wildman–Crippen MR) is 86.9 cm³/mol. The summed E-state index contributed by atoms with van der Waals surface area (Å²) < 4.78 is 1.14. The van der Waals surface area contributed by atoms with Crippen LogP contribution in [-0.2, 0) is 0 Å². The van der Waals surface area contributed by atoms with Crippen molar-refractivity contribution in [2.75, 3.05) is 24.3 Å². The van der Waals surface area contributed by atoms with Gasteiger partial charge in [-0.05, 0) is 42.8 Å². The number of hydrogen-bond acceptors (Lipinski definition) is 2. The molecule has 0 amide bonds. The second-order valence-corrected chi connectivity index (χ2v) is 5.68. The molecule has 1 N–H and O–H groups in total. The van der Waals surface area contributed by atoms with E-state index in [1.54, 1.807) is 0 Å². The van der Waals surface area contributed by atoms with Crippen molar-refractivity contribution in [2.24, 2.45) is 0 Å². The molecule has 1 atom stereocenters. The number of hydrogen-bond donors (Lipinski definition) is 1. The van der Waals surface area contributed by atoms with Crippen LogP contribution in [0.2, 0.25) is 0 Å². The van der Waals surface area contributed by atoms with Crippen LogP contribution in [0.5, 0.6) is 0 Å². The van der Waals surface area contributed by atoms with Crippen molar-refractivity contribution in [1.82, 2.24) is 0 Å². The molecule has 0 aliphatic heterocycles. The van der Waals surface area contributed by atoms with Crippen LogP contribution in [0, 0.1) is 0 Å². The van der Waals surface area contributed by atoms with Gasteiger partial charge in [0.25, 0.3) is 0 Å². The molecule has 0 bridgehead atoms. The molecule has 2 rings (SSSR count). The molecular formula is C16H19BrN2. The quantitative estimate of drug-likeness (QED) is 0.879. The van der Waals surface area contributed by atoms with E-state index >= 15 is 0 Å². The Hall–Kier alpha value is -1.48. The zero-order valence-electron chi connectivity index (χ0n) is 11.5. The van der Waals surface area contributed by atoms with Gasteiger partial charge in [-0.2, -0.15) is 0 Å². The van der Waals surface area contributed by atoms with Gasteiger partial charge in [0.05, 0.1) is 0 Å². The maximum absolute atomic E-state index is 3.59. The summed E-state index contributed by atoms with van der Waals surface area (Å²) in [5.41, 5.74) is 3.60. The van der Waals surface area contributed by atoms with Crippen LogP contribution in [0.3, 0.4) is 0 Å². The molecule has 0 spiro atoms. The van der Waals surface area contributed by atoms with Gasteiger partial charge in [0.15, 0.2) is 0 Å². The molecule has 0 saturated carbocycles. The normalized spacial score (nSPS) is 12.0.